The normalized spacial score (nSPS) is 13.8. The van der Waals surface area contributed by atoms with Crippen molar-refractivity contribution in [2.75, 3.05) is 0 Å². The van der Waals surface area contributed by atoms with Gasteiger partial charge in [0, 0.05) is 11.6 Å². The lowest BCUT2D eigenvalue weighted by Crippen LogP contribution is -2.40. The van der Waals surface area contributed by atoms with Crippen LogP contribution in [0.5, 0.6) is 0 Å². The molecule has 98 valence electrons. The lowest BCUT2D eigenvalue weighted by atomic mass is 10.0. The van der Waals surface area contributed by atoms with Gasteiger partial charge >= 0.3 is 5.97 Å². The fraction of sp³-hybridized carbons (Fsp3) is 0.429. The van der Waals surface area contributed by atoms with Crippen molar-refractivity contribution in [3.05, 3.63) is 34.9 Å². The van der Waals surface area contributed by atoms with Crippen LogP contribution in [0.1, 0.15) is 35.3 Å². The number of benzene rings is 1. The summed E-state index contributed by atoms with van der Waals surface area (Å²) in [7, 11) is 0. The van der Waals surface area contributed by atoms with E-state index in [9.17, 15) is 9.59 Å². The molecule has 2 unspecified atom stereocenters. The van der Waals surface area contributed by atoms with Crippen molar-refractivity contribution in [3.63, 3.8) is 0 Å². The molecule has 1 aromatic carbocycles. The van der Waals surface area contributed by atoms with Crippen molar-refractivity contribution >= 4 is 11.9 Å². The second-order valence-electron chi connectivity index (χ2n) is 4.71. The molecular formula is C14H19NO3. The molecule has 0 aliphatic carbocycles. The van der Waals surface area contributed by atoms with Gasteiger partial charge < -0.3 is 10.4 Å². The van der Waals surface area contributed by atoms with Gasteiger partial charge in [0.15, 0.2) is 0 Å². The first-order valence-electron chi connectivity index (χ1n) is 5.94. The van der Waals surface area contributed by atoms with Gasteiger partial charge in [0.25, 0.3) is 5.91 Å². The number of hydrogen-bond acceptors (Lipinski definition) is 2. The first kappa shape index (κ1) is 14.2. The number of aryl methyl sites for hydroxylation is 2. The standard InChI is InChI=1S/C14H19NO3/c1-8-5-6-9(2)12(7-8)13(16)15-11(4)10(3)14(17)18/h5-7,10-11H,1-4H3,(H,15,16)(H,17,18). The van der Waals surface area contributed by atoms with E-state index in [-0.39, 0.29) is 5.91 Å². The molecule has 0 saturated carbocycles. The van der Waals surface area contributed by atoms with E-state index in [1.807, 2.05) is 32.0 Å². The summed E-state index contributed by atoms with van der Waals surface area (Å²) in [6, 6.07) is 5.23. The Kier molecular flexibility index (Phi) is 4.48. The summed E-state index contributed by atoms with van der Waals surface area (Å²) in [5.74, 6) is -1.75. The Hall–Kier alpha value is -1.84. The van der Waals surface area contributed by atoms with Crippen LogP contribution >= 0.6 is 0 Å². The maximum Gasteiger partial charge on any atom is 0.308 e. The zero-order valence-corrected chi connectivity index (χ0v) is 11.2. The summed E-state index contributed by atoms with van der Waals surface area (Å²) < 4.78 is 0. The van der Waals surface area contributed by atoms with Crippen molar-refractivity contribution in [1.29, 1.82) is 0 Å². The molecule has 0 fully saturated rings. The number of rotatable bonds is 4. The quantitative estimate of drug-likeness (QED) is 0.859. The van der Waals surface area contributed by atoms with Crippen LogP contribution in [-0.4, -0.2) is 23.0 Å². The first-order valence-corrected chi connectivity index (χ1v) is 5.94. The molecule has 0 aromatic heterocycles. The number of amides is 1. The Labute approximate surface area is 107 Å². The smallest absolute Gasteiger partial charge is 0.308 e. The largest absolute Gasteiger partial charge is 0.481 e. The van der Waals surface area contributed by atoms with Crippen LogP contribution in [0.2, 0.25) is 0 Å². The minimum atomic E-state index is -0.913. The number of carbonyl (C=O) groups excluding carboxylic acids is 1. The zero-order valence-electron chi connectivity index (χ0n) is 11.2. The predicted octanol–water partition coefficient (Wildman–Crippen LogP) is 2.14. The minimum Gasteiger partial charge on any atom is -0.481 e. The summed E-state index contributed by atoms with van der Waals surface area (Å²) in [5.41, 5.74) is 2.48. The summed E-state index contributed by atoms with van der Waals surface area (Å²) in [5, 5.41) is 11.6. The van der Waals surface area contributed by atoms with Crippen LogP contribution in [-0.2, 0) is 4.79 Å². The van der Waals surface area contributed by atoms with Gasteiger partial charge in [-0.3, -0.25) is 9.59 Å². The van der Waals surface area contributed by atoms with Crippen LogP contribution in [0.25, 0.3) is 0 Å². The van der Waals surface area contributed by atoms with Gasteiger partial charge in [-0.2, -0.15) is 0 Å². The second kappa shape index (κ2) is 5.67. The van der Waals surface area contributed by atoms with Gasteiger partial charge in [0.1, 0.15) is 0 Å². The van der Waals surface area contributed by atoms with Crippen LogP contribution in [0.3, 0.4) is 0 Å². The summed E-state index contributed by atoms with van der Waals surface area (Å²) in [6.45, 7) is 7.05. The molecule has 1 amide bonds. The third kappa shape index (κ3) is 3.32. The van der Waals surface area contributed by atoms with Crippen LogP contribution in [0.15, 0.2) is 18.2 Å². The molecule has 1 rings (SSSR count). The molecule has 0 aliphatic heterocycles. The van der Waals surface area contributed by atoms with E-state index < -0.39 is 17.9 Å². The summed E-state index contributed by atoms with van der Waals surface area (Å²) >= 11 is 0. The van der Waals surface area contributed by atoms with Crippen molar-refractivity contribution in [2.45, 2.75) is 33.7 Å². The topological polar surface area (TPSA) is 66.4 Å². The SMILES string of the molecule is Cc1ccc(C)c(C(=O)NC(C)C(C)C(=O)O)c1. The molecule has 0 spiro atoms. The van der Waals surface area contributed by atoms with Crippen LogP contribution in [0.4, 0.5) is 0 Å². The first-order chi connectivity index (χ1) is 8.32. The highest BCUT2D eigenvalue weighted by atomic mass is 16.4. The summed E-state index contributed by atoms with van der Waals surface area (Å²) in [4.78, 5) is 22.9. The van der Waals surface area contributed by atoms with Crippen molar-refractivity contribution in [1.82, 2.24) is 5.32 Å². The van der Waals surface area contributed by atoms with E-state index in [1.165, 1.54) is 0 Å². The van der Waals surface area contributed by atoms with E-state index in [0.717, 1.165) is 11.1 Å². The number of carboxylic acid groups (broad SMARTS) is 1. The Balaban J connectivity index is 2.82. The fourth-order valence-corrected chi connectivity index (χ4v) is 1.60. The minimum absolute atomic E-state index is 0.225. The molecule has 18 heavy (non-hydrogen) atoms. The molecule has 0 saturated heterocycles. The van der Waals surface area contributed by atoms with E-state index in [2.05, 4.69) is 5.32 Å². The van der Waals surface area contributed by atoms with Gasteiger partial charge in [-0.05, 0) is 39.3 Å². The lowest BCUT2D eigenvalue weighted by molar-refractivity contribution is -0.141. The summed E-state index contributed by atoms with van der Waals surface area (Å²) in [6.07, 6.45) is 0. The molecule has 0 aliphatic rings. The molecule has 4 nitrogen and oxygen atoms in total. The van der Waals surface area contributed by atoms with Gasteiger partial charge in [0.2, 0.25) is 0 Å². The molecule has 4 heteroatoms. The second-order valence-corrected chi connectivity index (χ2v) is 4.71. The highest BCUT2D eigenvalue weighted by molar-refractivity contribution is 5.96. The molecule has 2 N–H and O–H groups in total. The molecular weight excluding hydrogens is 230 g/mol. The highest BCUT2D eigenvalue weighted by Crippen LogP contribution is 2.12. The van der Waals surface area contributed by atoms with E-state index in [0.29, 0.717) is 5.56 Å². The van der Waals surface area contributed by atoms with Gasteiger partial charge in [0.05, 0.1) is 5.92 Å². The number of carboxylic acids is 1. The number of hydrogen-bond donors (Lipinski definition) is 2. The van der Waals surface area contributed by atoms with Crippen LogP contribution in [0, 0.1) is 19.8 Å². The molecule has 1 aromatic rings. The fourth-order valence-electron chi connectivity index (χ4n) is 1.60. The Morgan fingerprint density at radius 2 is 1.83 bits per heavy atom. The van der Waals surface area contributed by atoms with E-state index >= 15 is 0 Å². The van der Waals surface area contributed by atoms with Crippen LogP contribution < -0.4 is 5.32 Å². The van der Waals surface area contributed by atoms with Crippen molar-refractivity contribution in [2.24, 2.45) is 5.92 Å². The monoisotopic (exact) mass is 249 g/mol. The van der Waals surface area contributed by atoms with Gasteiger partial charge in [-0.25, -0.2) is 0 Å². The van der Waals surface area contributed by atoms with E-state index in [4.69, 9.17) is 5.11 Å². The Morgan fingerprint density at radius 3 is 2.39 bits per heavy atom. The number of aliphatic carboxylic acids is 1. The third-order valence-corrected chi connectivity index (χ3v) is 3.14. The van der Waals surface area contributed by atoms with E-state index in [1.54, 1.807) is 13.8 Å². The molecule has 2 atom stereocenters. The molecule has 0 bridgehead atoms. The average Bonchev–Trinajstić information content (AvgIpc) is 2.30. The number of carbonyl (C=O) groups is 2. The maximum absolute atomic E-state index is 12.1. The maximum atomic E-state index is 12.1. The molecule has 0 radical (unpaired) electrons. The average molecular weight is 249 g/mol. The van der Waals surface area contributed by atoms with Gasteiger partial charge in [-0.1, -0.05) is 17.7 Å². The van der Waals surface area contributed by atoms with Gasteiger partial charge in [-0.15, -0.1) is 0 Å². The molecule has 0 heterocycles. The van der Waals surface area contributed by atoms with Crippen molar-refractivity contribution in [3.8, 4) is 0 Å². The number of nitrogens with one attached hydrogen (secondary N) is 1. The Morgan fingerprint density at radius 1 is 1.22 bits per heavy atom. The Bertz CT molecular complexity index is 468. The third-order valence-electron chi connectivity index (χ3n) is 3.14. The highest BCUT2D eigenvalue weighted by Gasteiger charge is 2.21. The zero-order chi connectivity index (χ0) is 13.9. The lowest BCUT2D eigenvalue weighted by Gasteiger charge is -2.18. The van der Waals surface area contributed by atoms with Crippen molar-refractivity contribution < 1.29 is 14.7 Å². The predicted molar refractivity (Wildman–Crippen MR) is 69.6 cm³/mol.